The van der Waals surface area contributed by atoms with Crippen LogP contribution in [0.3, 0.4) is 0 Å². The van der Waals surface area contributed by atoms with Gasteiger partial charge in [0, 0.05) is 24.7 Å². The number of aromatic nitrogens is 1. The summed E-state index contributed by atoms with van der Waals surface area (Å²) in [5, 5.41) is 4.00. The van der Waals surface area contributed by atoms with Gasteiger partial charge in [0.1, 0.15) is 0 Å². The molecule has 0 radical (unpaired) electrons. The Morgan fingerprint density at radius 3 is 2.59 bits per heavy atom. The molecule has 2 heterocycles. The highest BCUT2D eigenvalue weighted by Crippen LogP contribution is 2.29. The number of piperidine rings is 1. The molecule has 0 atom stereocenters. The molecule has 1 saturated heterocycles. The van der Waals surface area contributed by atoms with Crippen LogP contribution in [0.25, 0.3) is 10.2 Å². The van der Waals surface area contributed by atoms with Crippen molar-refractivity contribution in [1.82, 2.24) is 9.29 Å². The van der Waals surface area contributed by atoms with Crippen molar-refractivity contribution in [2.45, 2.75) is 50.3 Å². The van der Waals surface area contributed by atoms with Crippen LogP contribution in [0, 0.1) is 12.8 Å². The Morgan fingerprint density at radius 2 is 1.81 bits per heavy atom. The lowest BCUT2D eigenvalue weighted by molar-refractivity contribution is -0.120. The number of sulfonamides is 1. The van der Waals surface area contributed by atoms with E-state index in [0.29, 0.717) is 30.8 Å². The van der Waals surface area contributed by atoms with E-state index in [1.807, 2.05) is 37.3 Å². The summed E-state index contributed by atoms with van der Waals surface area (Å²) in [4.78, 5) is 17.6. The van der Waals surface area contributed by atoms with Gasteiger partial charge in [0.05, 0.1) is 20.1 Å². The number of carbonyl (C=O) groups is 1. The Bertz CT molecular complexity index is 1270. The Kier molecular flexibility index (Phi) is 5.77. The van der Waals surface area contributed by atoms with Gasteiger partial charge in [-0.3, -0.25) is 4.79 Å². The third kappa shape index (κ3) is 4.19. The molecule has 3 aromatic rings. The maximum absolute atomic E-state index is 13.2. The average Bonchev–Trinajstić information content (AvgIpc) is 3.18. The number of carbonyl (C=O) groups excluding carboxylic acids is 1. The predicted octanol–water partition coefficient (Wildman–Crippen LogP) is 4.52. The minimum absolute atomic E-state index is 0.0450. The third-order valence-corrected chi connectivity index (χ3v) is 9.37. The fourth-order valence-corrected chi connectivity index (χ4v) is 7.13. The molecule has 2 aliphatic rings. The number of nitrogens with one attached hydrogen (secondary N) is 1. The van der Waals surface area contributed by atoms with E-state index in [1.54, 1.807) is 17.4 Å². The molecule has 168 valence electrons. The highest BCUT2D eigenvalue weighted by atomic mass is 32.2. The van der Waals surface area contributed by atoms with E-state index in [-0.39, 0.29) is 11.8 Å². The molecule has 1 N–H and O–H groups in total. The van der Waals surface area contributed by atoms with E-state index >= 15 is 0 Å². The fraction of sp³-hybridized carbons (Fsp3) is 0.417. The number of hydrogen-bond acceptors (Lipinski definition) is 5. The van der Waals surface area contributed by atoms with Crippen molar-refractivity contribution in [2.24, 2.45) is 5.92 Å². The Labute approximate surface area is 192 Å². The zero-order valence-corrected chi connectivity index (χ0v) is 19.8. The van der Waals surface area contributed by atoms with Gasteiger partial charge in [0.15, 0.2) is 0 Å². The van der Waals surface area contributed by atoms with Gasteiger partial charge in [0.25, 0.3) is 0 Å². The molecule has 0 bridgehead atoms. The number of fused-ring (bicyclic) bond motifs is 2. The molecule has 0 saturated carbocycles. The van der Waals surface area contributed by atoms with Gasteiger partial charge in [-0.2, -0.15) is 4.31 Å². The van der Waals surface area contributed by atoms with E-state index in [4.69, 9.17) is 0 Å². The zero-order valence-electron chi connectivity index (χ0n) is 18.1. The van der Waals surface area contributed by atoms with Crippen molar-refractivity contribution in [1.29, 1.82) is 0 Å². The molecule has 2 aromatic carbocycles. The van der Waals surface area contributed by atoms with E-state index < -0.39 is 10.0 Å². The van der Waals surface area contributed by atoms with Crippen molar-refractivity contribution < 1.29 is 13.2 Å². The number of thiazole rings is 1. The van der Waals surface area contributed by atoms with Crippen LogP contribution in [0.1, 0.15) is 41.8 Å². The number of benzene rings is 2. The van der Waals surface area contributed by atoms with E-state index in [1.165, 1.54) is 21.9 Å². The first kappa shape index (κ1) is 21.6. The molecule has 8 heteroatoms. The van der Waals surface area contributed by atoms with Crippen LogP contribution < -0.4 is 5.32 Å². The highest BCUT2D eigenvalue weighted by Gasteiger charge is 2.32. The second kappa shape index (κ2) is 8.57. The first-order valence-electron chi connectivity index (χ1n) is 11.2. The summed E-state index contributed by atoms with van der Waals surface area (Å²) in [5.74, 6) is -0.236. The second-order valence-corrected chi connectivity index (χ2v) is 11.9. The van der Waals surface area contributed by atoms with Crippen LogP contribution in [-0.2, 0) is 27.7 Å². The standard InChI is InChI=1S/C24H27N3O3S2/c1-16-25-22-9-7-20(15-23(22)31-16)26-24(28)18-10-12-27(13-11-18)32(29,30)21-8-6-17-4-2-3-5-19(17)14-21/h6-9,14-15,18H,2-5,10-13H2,1H3,(H,26,28). The summed E-state index contributed by atoms with van der Waals surface area (Å²) in [5.41, 5.74) is 4.14. The van der Waals surface area contributed by atoms with Crippen molar-refractivity contribution in [3.05, 3.63) is 52.5 Å². The molecule has 5 rings (SSSR count). The van der Waals surface area contributed by atoms with Gasteiger partial charge in [0.2, 0.25) is 15.9 Å². The number of nitrogens with zero attached hydrogens (tertiary/aromatic N) is 2. The van der Waals surface area contributed by atoms with Crippen LogP contribution in [0.15, 0.2) is 41.3 Å². The molecular weight excluding hydrogens is 442 g/mol. The quantitative estimate of drug-likeness (QED) is 0.609. The van der Waals surface area contributed by atoms with Crippen molar-refractivity contribution in [3.8, 4) is 0 Å². The molecule has 32 heavy (non-hydrogen) atoms. The highest BCUT2D eigenvalue weighted by molar-refractivity contribution is 7.89. The second-order valence-electron chi connectivity index (χ2n) is 8.72. The number of aryl methyl sites for hydroxylation is 3. The normalized spacial score (nSPS) is 17.9. The van der Waals surface area contributed by atoms with Gasteiger partial charge < -0.3 is 5.32 Å². The predicted molar refractivity (Wildman–Crippen MR) is 128 cm³/mol. The summed E-state index contributed by atoms with van der Waals surface area (Å²) >= 11 is 1.60. The Hall–Kier alpha value is -2.29. The summed E-state index contributed by atoms with van der Waals surface area (Å²) in [6.07, 6.45) is 5.33. The van der Waals surface area contributed by atoms with E-state index in [2.05, 4.69) is 10.3 Å². The molecule has 6 nitrogen and oxygen atoms in total. The van der Waals surface area contributed by atoms with Gasteiger partial charge in [-0.15, -0.1) is 11.3 Å². The lowest BCUT2D eigenvalue weighted by Gasteiger charge is -2.31. The molecule has 1 aliphatic heterocycles. The lowest BCUT2D eigenvalue weighted by Crippen LogP contribution is -2.41. The van der Waals surface area contributed by atoms with Crippen LogP contribution in [0.4, 0.5) is 5.69 Å². The summed E-state index contributed by atoms with van der Waals surface area (Å²) in [6.45, 7) is 2.70. The SMILES string of the molecule is Cc1nc2ccc(NC(=O)C3CCN(S(=O)(=O)c4ccc5c(c4)CCCC5)CC3)cc2s1. The number of hydrogen-bond donors (Lipinski definition) is 1. The smallest absolute Gasteiger partial charge is 0.243 e. The van der Waals surface area contributed by atoms with Gasteiger partial charge >= 0.3 is 0 Å². The molecule has 1 fully saturated rings. The number of amides is 1. The fourth-order valence-electron chi connectivity index (χ4n) is 4.74. The van der Waals surface area contributed by atoms with Crippen molar-refractivity contribution in [2.75, 3.05) is 18.4 Å². The zero-order chi connectivity index (χ0) is 22.3. The van der Waals surface area contributed by atoms with Crippen LogP contribution >= 0.6 is 11.3 Å². The Morgan fingerprint density at radius 1 is 1.06 bits per heavy atom. The molecule has 0 spiro atoms. The van der Waals surface area contributed by atoms with Crippen molar-refractivity contribution >= 4 is 43.2 Å². The lowest BCUT2D eigenvalue weighted by atomic mass is 9.92. The monoisotopic (exact) mass is 469 g/mol. The molecule has 1 aliphatic carbocycles. The molecule has 1 amide bonds. The van der Waals surface area contributed by atoms with Gasteiger partial charge in [-0.1, -0.05) is 6.07 Å². The van der Waals surface area contributed by atoms with Crippen LogP contribution in [-0.4, -0.2) is 36.7 Å². The van der Waals surface area contributed by atoms with Crippen molar-refractivity contribution in [3.63, 3.8) is 0 Å². The van der Waals surface area contributed by atoms with Crippen LogP contribution in [0.5, 0.6) is 0 Å². The molecule has 1 aromatic heterocycles. The average molecular weight is 470 g/mol. The summed E-state index contributed by atoms with van der Waals surface area (Å²) in [6, 6.07) is 11.3. The van der Waals surface area contributed by atoms with Gasteiger partial charge in [-0.25, -0.2) is 13.4 Å². The molecule has 0 unspecified atom stereocenters. The van der Waals surface area contributed by atoms with Crippen LogP contribution in [0.2, 0.25) is 0 Å². The van der Waals surface area contributed by atoms with Gasteiger partial charge in [-0.05, 0) is 86.9 Å². The van der Waals surface area contributed by atoms with E-state index in [0.717, 1.165) is 40.2 Å². The minimum atomic E-state index is -3.53. The first-order chi connectivity index (χ1) is 15.4. The summed E-state index contributed by atoms with van der Waals surface area (Å²) in [7, 11) is -3.53. The summed E-state index contributed by atoms with van der Waals surface area (Å²) < 4.78 is 29.0. The topological polar surface area (TPSA) is 79.4 Å². The molecular formula is C24H27N3O3S2. The maximum atomic E-state index is 13.2. The third-order valence-electron chi connectivity index (χ3n) is 6.55. The Balaban J connectivity index is 1.23. The number of anilines is 1. The largest absolute Gasteiger partial charge is 0.326 e. The first-order valence-corrected chi connectivity index (χ1v) is 13.5. The minimum Gasteiger partial charge on any atom is -0.326 e. The maximum Gasteiger partial charge on any atom is 0.243 e. The van der Waals surface area contributed by atoms with E-state index in [9.17, 15) is 13.2 Å². The number of rotatable bonds is 4.